The van der Waals surface area contributed by atoms with Gasteiger partial charge in [-0.2, -0.15) is 0 Å². The number of para-hydroxylation sites is 1. The molecule has 5 rings (SSSR count). The molecule has 2 N–H and O–H groups in total. The number of urea groups is 1. The largest absolute Gasteiger partial charge is 0.488 e. The summed E-state index contributed by atoms with van der Waals surface area (Å²) in [5.74, 6) is 0.514. The van der Waals surface area contributed by atoms with Gasteiger partial charge in [-0.1, -0.05) is 12.1 Å². The molecule has 2 aromatic rings. The van der Waals surface area contributed by atoms with E-state index in [9.17, 15) is 14.4 Å². The lowest BCUT2D eigenvalue weighted by Gasteiger charge is -2.36. The summed E-state index contributed by atoms with van der Waals surface area (Å²) in [6, 6.07) is 9.29. The average molecular weight is 383 g/mol. The van der Waals surface area contributed by atoms with E-state index in [1.807, 2.05) is 30.3 Å². The molecular weight excluding hydrogens is 366 g/mol. The Morgan fingerprint density at radius 2 is 1.96 bits per heavy atom. The first-order chi connectivity index (χ1) is 13.1. The molecule has 8 heteroatoms. The summed E-state index contributed by atoms with van der Waals surface area (Å²) >= 11 is 1.48. The number of imide groups is 1. The predicted molar refractivity (Wildman–Crippen MR) is 98.6 cm³/mol. The number of piperidine rings is 1. The normalized spacial score (nSPS) is 19.8. The van der Waals surface area contributed by atoms with Crippen molar-refractivity contribution in [3.05, 3.63) is 40.8 Å². The van der Waals surface area contributed by atoms with E-state index in [0.717, 1.165) is 21.8 Å². The summed E-state index contributed by atoms with van der Waals surface area (Å²) in [6.07, 6.45) is 0.848. The SMILES string of the molecule is O=C1NC(=O)C2(CCN(C(=O)c3cc4c(s3)-c3ccccc3OC4)CC2)N1. The third-order valence-corrected chi connectivity index (χ3v) is 6.65. The number of nitrogens with one attached hydrogen (secondary N) is 2. The highest BCUT2D eigenvalue weighted by Gasteiger charge is 2.48. The molecule has 0 bridgehead atoms. The Bertz CT molecular complexity index is 975. The number of thiophene rings is 1. The monoisotopic (exact) mass is 383 g/mol. The van der Waals surface area contributed by atoms with Gasteiger partial charge in [0.1, 0.15) is 17.9 Å². The highest BCUT2D eigenvalue weighted by atomic mass is 32.1. The molecule has 0 radical (unpaired) electrons. The summed E-state index contributed by atoms with van der Waals surface area (Å²) in [5, 5.41) is 5.01. The Labute approximate surface area is 159 Å². The summed E-state index contributed by atoms with van der Waals surface area (Å²) in [5.41, 5.74) is 1.18. The van der Waals surface area contributed by atoms with E-state index in [4.69, 9.17) is 4.74 Å². The predicted octanol–water partition coefficient (Wildman–Crippen LogP) is 2.12. The minimum Gasteiger partial charge on any atom is -0.488 e. The van der Waals surface area contributed by atoms with E-state index in [0.29, 0.717) is 37.4 Å². The molecule has 2 fully saturated rings. The highest BCUT2D eigenvalue weighted by Crippen LogP contribution is 2.42. The molecule has 27 heavy (non-hydrogen) atoms. The Morgan fingerprint density at radius 1 is 1.19 bits per heavy atom. The Morgan fingerprint density at radius 3 is 2.70 bits per heavy atom. The zero-order valence-corrected chi connectivity index (χ0v) is 15.2. The first-order valence-corrected chi connectivity index (χ1v) is 9.65. The van der Waals surface area contributed by atoms with Crippen molar-refractivity contribution in [2.75, 3.05) is 13.1 Å². The number of carbonyl (C=O) groups excluding carboxylic acids is 3. The third-order valence-electron chi connectivity index (χ3n) is 5.45. The Balaban J connectivity index is 1.36. The third kappa shape index (κ3) is 2.51. The first kappa shape index (κ1) is 16.3. The molecule has 138 valence electrons. The van der Waals surface area contributed by atoms with Crippen LogP contribution in [-0.2, 0) is 11.4 Å². The van der Waals surface area contributed by atoms with Crippen molar-refractivity contribution >= 4 is 29.2 Å². The molecule has 7 nitrogen and oxygen atoms in total. The zero-order chi connectivity index (χ0) is 18.6. The van der Waals surface area contributed by atoms with Gasteiger partial charge >= 0.3 is 6.03 Å². The van der Waals surface area contributed by atoms with Crippen LogP contribution in [0.3, 0.4) is 0 Å². The zero-order valence-electron chi connectivity index (χ0n) is 14.4. The van der Waals surface area contributed by atoms with Gasteiger partial charge in [0.2, 0.25) is 0 Å². The number of likely N-dealkylation sites (tertiary alicyclic amines) is 1. The maximum Gasteiger partial charge on any atom is 0.322 e. The number of amides is 4. The highest BCUT2D eigenvalue weighted by molar-refractivity contribution is 7.17. The molecule has 0 saturated carbocycles. The smallest absolute Gasteiger partial charge is 0.322 e. The van der Waals surface area contributed by atoms with Crippen molar-refractivity contribution in [1.29, 1.82) is 0 Å². The van der Waals surface area contributed by atoms with E-state index in [2.05, 4.69) is 10.6 Å². The van der Waals surface area contributed by atoms with Crippen LogP contribution >= 0.6 is 11.3 Å². The van der Waals surface area contributed by atoms with Crippen molar-refractivity contribution in [3.63, 3.8) is 0 Å². The number of hydrogen-bond donors (Lipinski definition) is 2. The standard InChI is InChI=1S/C19H17N3O4S/c23-16(22-7-5-19(6-8-22)17(24)20-18(25)21-19)14-9-11-10-26-13-4-2-1-3-12(13)15(11)27-14/h1-4,9H,5-8,10H2,(H2,20,21,24,25). The van der Waals surface area contributed by atoms with Gasteiger partial charge in [0.05, 0.1) is 4.88 Å². The summed E-state index contributed by atoms with van der Waals surface area (Å²) in [4.78, 5) is 40.0. The molecule has 1 aromatic heterocycles. The molecule has 4 heterocycles. The van der Waals surface area contributed by atoms with Crippen LogP contribution in [0, 0.1) is 0 Å². The van der Waals surface area contributed by atoms with Gasteiger partial charge in [0.25, 0.3) is 11.8 Å². The fourth-order valence-corrected chi connectivity index (χ4v) is 5.10. The van der Waals surface area contributed by atoms with E-state index in [-0.39, 0.29) is 11.8 Å². The number of ether oxygens (including phenoxy) is 1. The number of fused-ring (bicyclic) bond motifs is 3. The van der Waals surface area contributed by atoms with Gasteiger partial charge in [-0.05, 0) is 31.0 Å². The van der Waals surface area contributed by atoms with Crippen LogP contribution in [0.5, 0.6) is 5.75 Å². The molecule has 3 aliphatic heterocycles. The van der Waals surface area contributed by atoms with Crippen LogP contribution in [0.15, 0.2) is 30.3 Å². The number of benzene rings is 1. The van der Waals surface area contributed by atoms with Crippen molar-refractivity contribution < 1.29 is 19.1 Å². The van der Waals surface area contributed by atoms with Gasteiger partial charge in [-0.25, -0.2) is 4.79 Å². The summed E-state index contributed by atoms with van der Waals surface area (Å²) in [7, 11) is 0. The number of nitrogens with zero attached hydrogens (tertiary/aromatic N) is 1. The van der Waals surface area contributed by atoms with Crippen molar-refractivity contribution in [2.45, 2.75) is 25.0 Å². The van der Waals surface area contributed by atoms with Crippen molar-refractivity contribution in [1.82, 2.24) is 15.5 Å². The minimum absolute atomic E-state index is 0.0357. The molecule has 1 aromatic carbocycles. The summed E-state index contributed by atoms with van der Waals surface area (Å²) < 4.78 is 5.77. The van der Waals surface area contributed by atoms with Gasteiger partial charge in [-0.15, -0.1) is 11.3 Å². The molecule has 3 aliphatic rings. The second-order valence-corrected chi connectivity index (χ2v) is 8.08. The molecule has 4 amide bonds. The van der Waals surface area contributed by atoms with E-state index in [1.165, 1.54) is 11.3 Å². The minimum atomic E-state index is -0.866. The second-order valence-electron chi connectivity index (χ2n) is 7.03. The lowest BCUT2D eigenvalue weighted by atomic mass is 9.87. The maximum atomic E-state index is 13.0. The second kappa shape index (κ2) is 5.82. The van der Waals surface area contributed by atoms with E-state index in [1.54, 1.807) is 4.90 Å². The van der Waals surface area contributed by atoms with Crippen molar-refractivity contribution in [2.24, 2.45) is 0 Å². The fourth-order valence-electron chi connectivity index (χ4n) is 3.93. The molecule has 0 unspecified atom stereocenters. The number of rotatable bonds is 1. The molecule has 1 spiro atoms. The average Bonchev–Trinajstić information content (AvgIpc) is 3.23. The molecule has 0 aliphatic carbocycles. The summed E-state index contributed by atoms with van der Waals surface area (Å²) in [6.45, 7) is 1.33. The van der Waals surface area contributed by atoms with Crippen molar-refractivity contribution in [3.8, 4) is 16.2 Å². The molecule has 2 saturated heterocycles. The van der Waals surface area contributed by atoms with Crippen LogP contribution in [0.25, 0.3) is 10.4 Å². The number of carbonyl (C=O) groups is 3. The van der Waals surface area contributed by atoms with Crippen LogP contribution in [0.1, 0.15) is 28.1 Å². The lowest BCUT2D eigenvalue weighted by Crippen LogP contribution is -2.55. The van der Waals surface area contributed by atoms with E-state index >= 15 is 0 Å². The fraction of sp³-hybridized carbons (Fsp3) is 0.316. The Kier molecular flexibility index (Phi) is 3.51. The van der Waals surface area contributed by atoms with Crippen LogP contribution in [-0.4, -0.2) is 41.4 Å². The molecular formula is C19H17N3O4S. The van der Waals surface area contributed by atoms with E-state index < -0.39 is 11.6 Å². The van der Waals surface area contributed by atoms with Crippen LogP contribution in [0.4, 0.5) is 4.79 Å². The Hall–Kier alpha value is -2.87. The maximum absolute atomic E-state index is 13.0. The quantitative estimate of drug-likeness (QED) is 0.739. The van der Waals surface area contributed by atoms with Crippen LogP contribution in [0.2, 0.25) is 0 Å². The topological polar surface area (TPSA) is 87.7 Å². The van der Waals surface area contributed by atoms with Gasteiger partial charge in [-0.3, -0.25) is 14.9 Å². The first-order valence-electron chi connectivity index (χ1n) is 8.83. The molecule has 0 atom stereocenters. The lowest BCUT2D eigenvalue weighted by molar-refractivity contribution is -0.125. The van der Waals surface area contributed by atoms with Crippen LogP contribution < -0.4 is 15.4 Å². The number of hydrogen-bond acceptors (Lipinski definition) is 5. The van der Waals surface area contributed by atoms with Gasteiger partial charge in [0, 0.05) is 29.1 Å². The van der Waals surface area contributed by atoms with Gasteiger partial charge in [0.15, 0.2) is 0 Å². The van der Waals surface area contributed by atoms with Gasteiger partial charge < -0.3 is 15.0 Å².